The van der Waals surface area contributed by atoms with E-state index < -0.39 is 0 Å². The van der Waals surface area contributed by atoms with Crippen LogP contribution in [0.5, 0.6) is 0 Å². The highest BCUT2D eigenvalue weighted by Crippen LogP contribution is 2.41. The first kappa shape index (κ1) is 26.2. The molecule has 0 radical (unpaired) electrons. The van der Waals surface area contributed by atoms with E-state index in [4.69, 9.17) is 9.98 Å². The van der Waals surface area contributed by atoms with Crippen molar-refractivity contribution in [2.75, 3.05) is 0 Å². The molecule has 6 aromatic carbocycles. The van der Waals surface area contributed by atoms with Crippen molar-refractivity contribution < 1.29 is 4.39 Å². The van der Waals surface area contributed by atoms with Gasteiger partial charge in [-0.15, -0.1) is 11.3 Å². The third-order valence-electron chi connectivity index (χ3n) is 7.79. The molecular weight excluding hydrogens is 535 g/mol. The van der Waals surface area contributed by atoms with Crippen LogP contribution in [0.1, 0.15) is 31.9 Å². The monoisotopic (exact) mass is 564 g/mol. The van der Waals surface area contributed by atoms with E-state index in [1.807, 2.05) is 36.5 Å². The first-order valence-electron chi connectivity index (χ1n) is 14.1. The number of halogens is 1. The fraction of sp³-hybridized carbons (Fsp3) is 0.105. The van der Waals surface area contributed by atoms with Crippen molar-refractivity contribution in [3.8, 4) is 21.7 Å². The van der Waals surface area contributed by atoms with Gasteiger partial charge in [0.1, 0.15) is 10.8 Å². The zero-order valence-corrected chi connectivity index (χ0v) is 24.5. The Labute approximate surface area is 248 Å². The smallest absolute Gasteiger partial charge is 0.126 e. The quantitative estimate of drug-likeness (QED) is 0.154. The first-order chi connectivity index (χ1) is 20.3. The van der Waals surface area contributed by atoms with Crippen LogP contribution in [0.2, 0.25) is 0 Å². The number of nitrogens with zero attached hydrogens (tertiary/aromatic N) is 2. The Morgan fingerprint density at radius 3 is 2.19 bits per heavy atom. The summed E-state index contributed by atoms with van der Waals surface area (Å²) in [5.41, 5.74) is 7.01. The van der Waals surface area contributed by atoms with Crippen LogP contribution in [0.3, 0.4) is 0 Å². The summed E-state index contributed by atoms with van der Waals surface area (Å²) >= 11 is 1.67. The predicted molar refractivity (Wildman–Crippen MR) is 178 cm³/mol. The lowest BCUT2D eigenvalue weighted by Gasteiger charge is -2.20. The van der Waals surface area contributed by atoms with Crippen LogP contribution in [0, 0.1) is 5.82 Å². The molecule has 0 atom stereocenters. The van der Waals surface area contributed by atoms with Gasteiger partial charge in [0.2, 0.25) is 0 Å². The fourth-order valence-electron chi connectivity index (χ4n) is 5.52. The highest BCUT2D eigenvalue weighted by molar-refractivity contribution is 7.21. The SMILES string of the molecule is CC(C)(C)c1cc(-c2ccc(F)cc2)c2nc(-c3ccccc3N=Cc3cc4ccccc4c4ccccc34)sc2c1. The number of thiazole rings is 1. The molecular formula is C38H29FN2S. The number of hydrogen-bond acceptors (Lipinski definition) is 3. The molecule has 0 N–H and O–H groups in total. The van der Waals surface area contributed by atoms with Crippen molar-refractivity contribution in [1.29, 1.82) is 0 Å². The summed E-state index contributed by atoms with van der Waals surface area (Å²) in [5, 5.41) is 5.75. The average molecular weight is 565 g/mol. The molecule has 0 spiro atoms. The number of aliphatic imine (C=N–C) groups is 1. The summed E-state index contributed by atoms with van der Waals surface area (Å²) in [6.07, 6.45) is 1.97. The lowest BCUT2D eigenvalue weighted by Crippen LogP contribution is -2.11. The highest BCUT2D eigenvalue weighted by atomic mass is 32.1. The van der Waals surface area contributed by atoms with E-state index in [2.05, 4.69) is 93.6 Å². The fourth-order valence-corrected chi connectivity index (χ4v) is 6.59. The van der Waals surface area contributed by atoms with Crippen LogP contribution in [0.15, 0.2) is 120 Å². The van der Waals surface area contributed by atoms with Gasteiger partial charge in [-0.3, -0.25) is 4.99 Å². The van der Waals surface area contributed by atoms with Crippen LogP contribution < -0.4 is 0 Å². The molecule has 0 bridgehead atoms. The largest absolute Gasteiger partial charge is 0.256 e. The second-order valence-electron chi connectivity index (χ2n) is 11.7. The molecule has 2 nitrogen and oxygen atoms in total. The molecule has 0 amide bonds. The molecule has 7 aromatic rings. The summed E-state index contributed by atoms with van der Waals surface area (Å²) in [6, 6.07) is 38.5. The molecule has 1 aromatic heterocycles. The summed E-state index contributed by atoms with van der Waals surface area (Å²) in [5.74, 6) is -0.244. The standard InChI is InChI=1S/C38H29FN2S/c1-38(2,3)27-21-33(24-16-18-28(39)19-17-24)36-35(22-27)42-37(41-36)32-14-8-9-15-34(32)40-23-26-20-25-10-4-5-11-29(25)31-13-7-6-12-30(26)31/h4-23H,1-3H3. The van der Waals surface area contributed by atoms with E-state index in [0.717, 1.165) is 43.2 Å². The zero-order chi connectivity index (χ0) is 28.8. The van der Waals surface area contributed by atoms with Crippen molar-refractivity contribution >= 4 is 55.0 Å². The van der Waals surface area contributed by atoms with Gasteiger partial charge in [0.05, 0.1) is 15.9 Å². The predicted octanol–water partition coefficient (Wildman–Crippen LogP) is 11.1. The lowest BCUT2D eigenvalue weighted by atomic mass is 9.85. The van der Waals surface area contributed by atoms with Gasteiger partial charge in [-0.2, -0.15) is 0 Å². The van der Waals surface area contributed by atoms with Crippen molar-refractivity contribution in [2.24, 2.45) is 4.99 Å². The van der Waals surface area contributed by atoms with Crippen LogP contribution >= 0.6 is 11.3 Å². The third-order valence-corrected chi connectivity index (χ3v) is 8.83. The average Bonchev–Trinajstić information content (AvgIpc) is 3.44. The van der Waals surface area contributed by atoms with Crippen LogP contribution in [0.25, 0.3) is 53.5 Å². The first-order valence-corrected chi connectivity index (χ1v) is 14.9. The number of benzene rings is 6. The maximum atomic E-state index is 13.8. The summed E-state index contributed by atoms with van der Waals surface area (Å²) in [6.45, 7) is 6.64. The molecule has 0 aliphatic carbocycles. The van der Waals surface area contributed by atoms with Crippen molar-refractivity contribution in [3.63, 3.8) is 0 Å². The number of fused-ring (bicyclic) bond motifs is 4. The van der Waals surface area contributed by atoms with E-state index in [9.17, 15) is 4.39 Å². The van der Waals surface area contributed by atoms with Crippen LogP contribution in [0.4, 0.5) is 10.1 Å². The Morgan fingerprint density at radius 1 is 0.714 bits per heavy atom. The van der Waals surface area contributed by atoms with Crippen LogP contribution in [-0.4, -0.2) is 11.2 Å². The van der Waals surface area contributed by atoms with Gasteiger partial charge >= 0.3 is 0 Å². The Balaban J connectivity index is 1.36. The van der Waals surface area contributed by atoms with Gasteiger partial charge in [-0.25, -0.2) is 9.37 Å². The maximum Gasteiger partial charge on any atom is 0.126 e. The third kappa shape index (κ3) is 4.78. The second kappa shape index (κ2) is 10.3. The minimum absolute atomic E-state index is 0.0437. The minimum Gasteiger partial charge on any atom is -0.256 e. The molecule has 0 aliphatic rings. The highest BCUT2D eigenvalue weighted by Gasteiger charge is 2.20. The van der Waals surface area contributed by atoms with Gasteiger partial charge in [0, 0.05) is 22.9 Å². The molecule has 0 fully saturated rings. The minimum atomic E-state index is -0.244. The summed E-state index contributed by atoms with van der Waals surface area (Å²) < 4.78 is 14.9. The summed E-state index contributed by atoms with van der Waals surface area (Å²) in [7, 11) is 0. The van der Waals surface area contributed by atoms with Crippen molar-refractivity contribution in [2.45, 2.75) is 26.2 Å². The lowest BCUT2D eigenvalue weighted by molar-refractivity contribution is 0.591. The van der Waals surface area contributed by atoms with E-state index in [1.165, 1.54) is 39.2 Å². The second-order valence-corrected chi connectivity index (χ2v) is 12.7. The van der Waals surface area contributed by atoms with Crippen molar-refractivity contribution in [3.05, 3.63) is 132 Å². The molecule has 0 aliphatic heterocycles. The molecule has 0 saturated carbocycles. The van der Waals surface area contributed by atoms with Crippen LogP contribution in [-0.2, 0) is 5.41 Å². The van der Waals surface area contributed by atoms with Crippen molar-refractivity contribution in [1.82, 2.24) is 4.98 Å². The van der Waals surface area contributed by atoms with E-state index in [-0.39, 0.29) is 11.2 Å². The van der Waals surface area contributed by atoms with Gasteiger partial charge in [-0.1, -0.05) is 93.6 Å². The number of para-hydroxylation sites is 1. The molecule has 1 heterocycles. The molecule has 42 heavy (non-hydrogen) atoms. The normalized spacial score (nSPS) is 12.2. The molecule has 0 unspecified atom stereocenters. The number of rotatable bonds is 4. The zero-order valence-electron chi connectivity index (χ0n) is 23.7. The number of hydrogen-bond donors (Lipinski definition) is 0. The molecule has 4 heteroatoms. The van der Waals surface area contributed by atoms with Gasteiger partial charge in [0.25, 0.3) is 0 Å². The van der Waals surface area contributed by atoms with E-state index >= 15 is 0 Å². The van der Waals surface area contributed by atoms with Gasteiger partial charge in [0.15, 0.2) is 0 Å². The van der Waals surface area contributed by atoms with E-state index in [1.54, 1.807) is 11.3 Å². The Hall–Kier alpha value is -4.67. The summed E-state index contributed by atoms with van der Waals surface area (Å²) in [4.78, 5) is 10.2. The van der Waals surface area contributed by atoms with Gasteiger partial charge in [-0.05, 0) is 80.6 Å². The molecule has 0 saturated heterocycles. The topological polar surface area (TPSA) is 25.2 Å². The Kier molecular flexibility index (Phi) is 6.44. The maximum absolute atomic E-state index is 13.8. The van der Waals surface area contributed by atoms with Gasteiger partial charge < -0.3 is 0 Å². The Morgan fingerprint density at radius 2 is 1.40 bits per heavy atom. The Bertz CT molecular complexity index is 2130. The number of aromatic nitrogens is 1. The molecule has 7 rings (SSSR count). The molecule has 204 valence electrons. The van der Waals surface area contributed by atoms with E-state index in [0.29, 0.717) is 0 Å².